The zero-order valence-electron chi connectivity index (χ0n) is 12.9. The predicted octanol–water partition coefficient (Wildman–Crippen LogP) is 3.11. The molecule has 5 nitrogen and oxygen atoms in total. The molecule has 2 rings (SSSR count). The van der Waals surface area contributed by atoms with Crippen LogP contribution in [0.5, 0.6) is 0 Å². The Bertz CT molecular complexity index is 771. The molecule has 0 aromatic heterocycles. The standard InChI is InChI=1S/C19H15NO4/c1-2-18(21)23-11-12-24-19(22)17-9-7-16(8-10-17)15-5-3-14(13-20)4-6-15/h2-10H,1,11-12H2. The van der Waals surface area contributed by atoms with Gasteiger partial charge in [-0.05, 0) is 35.4 Å². The third kappa shape index (κ3) is 4.55. The fourth-order valence-corrected chi connectivity index (χ4v) is 1.95. The predicted molar refractivity (Wildman–Crippen MR) is 88.0 cm³/mol. The van der Waals surface area contributed by atoms with Crippen LogP contribution < -0.4 is 0 Å². The highest BCUT2D eigenvalue weighted by Crippen LogP contribution is 2.20. The van der Waals surface area contributed by atoms with Crippen LogP contribution >= 0.6 is 0 Å². The molecule has 0 bridgehead atoms. The Balaban J connectivity index is 1.93. The van der Waals surface area contributed by atoms with Gasteiger partial charge in [0.05, 0.1) is 17.2 Å². The lowest BCUT2D eigenvalue weighted by Crippen LogP contribution is -2.12. The van der Waals surface area contributed by atoms with Gasteiger partial charge in [0.25, 0.3) is 0 Å². The number of nitrogens with zero attached hydrogens (tertiary/aromatic N) is 1. The number of nitriles is 1. The second-order valence-corrected chi connectivity index (χ2v) is 4.77. The number of ether oxygens (including phenoxy) is 2. The van der Waals surface area contributed by atoms with E-state index in [1.807, 2.05) is 12.1 Å². The molecular weight excluding hydrogens is 306 g/mol. The van der Waals surface area contributed by atoms with Gasteiger partial charge in [0.2, 0.25) is 0 Å². The molecule has 24 heavy (non-hydrogen) atoms. The molecule has 0 aliphatic carbocycles. The van der Waals surface area contributed by atoms with Crippen molar-refractivity contribution in [1.82, 2.24) is 0 Å². The molecule has 0 N–H and O–H groups in total. The van der Waals surface area contributed by atoms with E-state index in [0.717, 1.165) is 17.2 Å². The van der Waals surface area contributed by atoms with E-state index in [0.29, 0.717) is 11.1 Å². The van der Waals surface area contributed by atoms with E-state index in [9.17, 15) is 9.59 Å². The topological polar surface area (TPSA) is 76.4 Å². The average molecular weight is 321 g/mol. The van der Waals surface area contributed by atoms with E-state index >= 15 is 0 Å². The molecule has 5 heteroatoms. The van der Waals surface area contributed by atoms with Crippen molar-refractivity contribution in [3.63, 3.8) is 0 Å². The Hall–Kier alpha value is -3.39. The Labute approximate surface area is 139 Å². The summed E-state index contributed by atoms with van der Waals surface area (Å²) in [6.07, 6.45) is 1.05. The van der Waals surface area contributed by atoms with E-state index in [-0.39, 0.29) is 13.2 Å². The summed E-state index contributed by atoms with van der Waals surface area (Å²) in [4.78, 5) is 22.7. The summed E-state index contributed by atoms with van der Waals surface area (Å²) < 4.78 is 9.73. The zero-order valence-corrected chi connectivity index (χ0v) is 12.9. The lowest BCUT2D eigenvalue weighted by Gasteiger charge is -2.06. The smallest absolute Gasteiger partial charge is 0.338 e. The summed E-state index contributed by atoms with van der Waals surface area (Å²) in [5, 5.41) is 8.80. The second kappa shape index (κ2) is 8.30. The van der Waals surface area contributed by atoms with E-state index in [1.54, 1.807) is 36.4 Å². The Morgan fingerprint density at radius 1 is 0.958 bits per heavy atom. The van der Waals surface area contributed by atoms with Gasteiger partial charge in [0, 0.05) is 6.08 Å². The third-order valence-corrected chi connectivity index (χ3v) is 3.20. The van der Waals surface area contributed by atoms with Gasteiger partial charge in [-0.3, -0.25) is 0 Å². The first-order valence-corrected chi connectivity index (χ1v) is 7.21. The molecule has 2 aromatic carbocycles. The molecule has 0 unspecified atom stereocenters. The van der Waals surface area contributed by atoms with Crippen molar-refractivity contribution in [3.8, 4) is 17.2 Å². The second-order valence-electron chi connectivity index (χ2n) is 4.77. The van der Waals surface area contributed by atoms with Gasteiger partial charge in [0.1, 0.15) is 13.2 Å². The first-order valence-electron chi connectivity index (χ1n) is 7.21. The van der Waals surface area contributed by atoms with Crippen molar-refractivity contribution in [3.05, 3.63) is 72.3 Å². The van der Waals surface area contributed by atoms with Crippen LogP contribution in [0.15, 0.2) is 61.2 Å². The molecule has 2 aromatic rings. The van der Waals surface area contributed by atoms with Crippen LogP contribution in [0.2, 0.25) is 0 Å². The normalized spacial score (nSPS) is 9.62. The van der Waals surface area contributed by atoms with Crippen molar-refractivity contribution in [1.29, 1.82) is 5.26 Å². The Morgan fingerprint density at radius 3 is 2.04 bits per heavy atom. The first kappa shape index (κ1) is 17.0. The van der Waals surface area contributed by atoms with E-state index in [2.05, 4.69) is 12.6 Å². The van der Waals surface area contributed by atoms with Crippen molar-refractivity contribution in [2.24, 2.45) is 0 Å². The van der Waals surface area contributed by atoms with Crippen LogP contribution in [0.1, 0.15) is 15.9 Å². The van der Waals surface area contributed by atoms with Crippen LogP contribution in [0, 0.1) is 11.3 Å². The molecule has 0 saturated carbocycles. The van der Waals surface area contributed by atoms with Gasteiger partial charge in [-0.25, -0.2) is 9.59 Å². The Morgan fingerprint density at radius 2 is 1.50 bits per heavy atom. The molecule has 0 amide bonds. The highest BCUT2D eigenvalue weighted by atomic mass is 16.6. The molecule has 0 saturated heterocycles. The molecule has 0 aliphatic rings. The number of benzene rings is 2. The van der Waals surface area contributed by atoms with Crippen LogP contribution in [0.4, 0.5) is 0 Å². The molecule has 0 fully saturated rings. The number of hydrogen-bond acceptors (Lipinski definition) is 5. The van der Waals surface area contributed by atoms with E-state index in [4.69, 9.17) is 14.7 Å². The molecule has 120 valence electrons. The van der Waals surface area contributed by atoms with E-state index in [1.165, 1.54) is 0 Å². The molecule has 0 heterocycles. The number of carbonyl (C=O) groups is 2. The highest BCUT2D eigenvalue weighted by Gasteiger charge is 2.08. The minimum absolute atomic E-state index is 0.0140. The van der Waals surface area contributed by atoms with Gasteiger partial charge in [-0.15, -0.1) is 0 Å². The van der Waals surface area contributed by atoms with Gasteiger partial charge in [0.15, 0.2) is 0 Å². The molecule has 0 aliphatic heterocycles. The fraction of sp³-hybridized carbons (Fsp3) is 0.105. The average Bonchev–Trinajstić information content (AvgIpc) is 2.65. The summed E-state index contributed by atoms with van der Waals surface area (Å²) in [5.41, 5.74) is 2.87. The van der Waals surface area contributed by atoms with Gasteiger partial charge in [-0.1, -0.05) is 30.8 Å². The maximum Gasteiger partial charge on any atom is 0.338 e. The maximum atomic E-state index is 11.9. The van der Waals surface area contributed by atoms with Crippen molar-refractivity contribution < 1.29 is 19.1 Å². The van der Waals surface area contributed by atoms with Crippen LogP contribution in [-0.2, 0) is 14.3 Å². The first-order chi connectivity index (χ1) is 11.6. The summed E-state index contributed by atoms with van der Waals surface area (Å²) in [7, 11) is 0. The number of rotatable bonds is 6. The number of esters is 2. The lowest BCUT2D eigenvalue weighted by molar-refractivity contribution is -0.138. The monoisotopic (exact) mass is 321 g/mol. The van der Waals surface area contributed by atoms with Crippen LogP contribution in [0.25, 0.3) is 11.1 Å². The van der Waals surface area contributed by atoms with E-state index < -0.39 is 11.9 Å². The maximum absolute atomic E-state index is 11.9. The minimum Gasteiger partial charge on any atom is -0.459 e. The molecule has 0 radical (unpaired) electrons. The summed E-state index contributed by atoms with van der Waals surface area (Å²) in [5.74, 6) is -1.05. The number of carbonyl (C=O) groups excluding carboxylic acids is 2. The van der Waals surface area contributed by atoms with Gasteiger partial charge >= 0.3 is 11.9 Å². The minimum atomic E-state index is -0.558. The molecule has 0 spiro atoms. The summed E-state index contributed by atoms with van der Waals surface area (Å²) >= 11 is 0. The highest BCUT2D eigenvalue weighted by molar-refractivity contribution is 5.90. The summed E-state index contributed by atoms with van der Waals surface area (Å²) in [6, 6.07) is 16.2. The largest absolute Gasteiger partial charge is 0.459 e. The molecular formula is C19H15NO4. The fourth-order valence-electron chi connectivity index (χ4n) is 1.95. The van der Waals surface area contributed by atoms with Crippen LogP contribution in [-0.4, -0.2) is 25.2 Å². The SMILES string of the molecule is C=CC(=O)OCCOC(=O)c1ccc(-c2ccc(C#N)cc2)cc1. The molecule has 0 atom stereocenters. The lowest BCUT2D eigenvalue weighted by atomic mass is 10.0. The van der Waals surface area contributed by atoms with Crippen molar-refractivity contribution in [2.75, 3.05) is 13.2 Å². The van der Waals surface area contributed by atoms with Crippen molar-refractivity contribution in [2.45, 2.75) is 0 Å². The quantitative estimate of drug-likeness (QED) is 0.464. The third-order valence-electron chi connectivity index (χ3n) is 3.20. The number of hydrogen-bond donors (Lipinski definition) is 0. The zero-order chi connectivity index (χ0) is 17.4. The summed E-state index contributed by atoms with van der Waals surface area (Å²) in [6.45, 7) is 3.23. The van der Waals surface area contributed by atoms with Crippen molar-refractivity contribution >= 4 is 11.9 Å². The van der Waals surface area contributed by atoms with Crippen LogP contribution in [0.3, 0.4) is 0 Å². The Kier molecular flexibility index (Phi) is 5.87. The van der Waals surface area contributed by atoms with Gasteiger partial charge < -0.3 is 9.47 Å². The van der Waals surface area contributed by atoms with Gasteiger partial charge in [-0.2, -0.15) is 5.26 Å².